The molecule has 7 nitrogen and oxygen atoms in total. The lowest BCUT2D eigenvalue weighted by Crippen LogP contribution is -2.50. The standard InChI is InChI=1S/C15H17N5O2S/c1-8-13(9(2)17-15(22)16-8)14(21)20(3)7-10-4-5-11-12(6-10)19-23-18-11/h4-6,8H,7H2,1-3H3,(H2,16,17,22)/t8-/m0/s1. The molecule has 23 heavy (non-hydrogen) atoms. The van der Waals surface area contributed by atoms with Gasteiger partial charge in [0.2, 0.25) is 0 Å². The van der Waals surface area contributed by atoms with Gasteiger partial charge in [0.15, 0.2) is 0 Å². The molecule has 1 aromatic heterocycles. The molecule has 0 unspecified atom stereocenters. The average Bonchev–Trinajstić information content (AvgIpc) is 2.93. The zero-order chi connectivity index (χ0) is 16.6. The Hall–Kier alpha value is -2.48. The van der Waals surface area contributed by atoms with Crippen LogP contribution >= 0.6 is 11.7 Å². The van der Waals surface area contributed by atoms with E-state index in [4.69, 9.17) is 0 Å². The normalized spacial score (nSPS) is 17.9. The molecule has 8 heteroatoms. The molecule has 1 aromatic carbocycles. The van der Waals surface area contributed by atoms with Crippen LogP contribution in [-0.2, 0) is 11.3 Å². The van der Waals surface area contributed by atoms with Gasteiger partial charge in [-0.15, -0.1) is 0 Å². The van der Waals surface area contributed by atoms with Gasteiger partial charge in [-0.3, -0.25) is 4.79 Å². The smallest absolute Gasteiger partial charge is 0.319 e. The zero-order valence-electron chi connectivity index (χ0n) is 13.1. The molecule has 3 amide bonds. The van der Waals surface area contributed by atoms with Crippen molar-refractivity contribution in [2.45, 2.75) is 26.4 Å². The molecule has 1 atom stereocenters. The maximum Gasteiger partial charge on any atom is 0.319 e. The van der Waals surface area contributed by atoms with Crippen LogP contribution in [0.25, 0.3) is 11.0 Å². The highest BCUT2D eigenvalue weighted by atomic mass is 32.1. The van der Waals surface area contributed by atoms with E-state index in [1.54, 1.807) is 25.8 Å². The summed E-state index contributed by atoms with van der Waals surface area (Å²) >= 11 is 1.17. The first-order valence-corrected chi connectivity index (χ1v) is 7.93. The van der Waals surface area contributed by atoms with Crippen molar-refractivity contribution in [1.29, 1.82) is 0 Å². The van der Waals surface area contributed by atoms with Crippen LogP contribution in [0.1, 0.15) is 19.4 Å². The number of urea groups is 1. The van der Waals surface area contributed by atoms with Gasteiger partial charge in [-0.2, -0.15) is 8.75 Å². The van der Waals surface area contributed by atoms with Crippen LogP contribution in [0.2, 0.25) is 0 Å². The minimum absolute atomic E-state index is 0.112. The Morgan fingerprint density at radius 1 is 1.35 bits per heavy atom. The number of hydrogen-bond donors (Lipinski definition) is 2. The van der Waals surface area contributed by atoms with Gasteiger partial charge in [0.05, 0.1) is 23.3 Å². The Morgan fingerprint density at radius 3 is 2.83 bits per heavy atom. The molecule has 1 aliphatic heterocycles. The van der Waals surface area contributed by atoms with Gasteiger partial charge in [-0.05, 0) is 31.5 Å². The Balaban J connectivity index is 1.79. The van der Waals surface area contributed by atoms with Crippen LogP contribution in [0.5, 0.6) is 0 Å². The van der Waals surface area contributed by atoms with Crippen molar-refractivity contribution < 1.29 is 9.59 Å². The molecule has 2 heterocycles. The molecule has 0 saturated carbocycles. The first kappa shape index (κ1) is 15.4. The molecule has 0 saturated heterocycles. The van der Waals surface area contributed by atoms with Gasteiger partial charge >= 0.3 is 6.03 Å². The summed E-state index contributed by atoms with van der Waals surface area (Å²) in [6, 6.07) is 5.19. The highest BCUT2D eigenvalue weighted by Gasteiger charge is 2.28. The van der Waals surface area contributed by atoms with E-state index in [0.29, 0.717) is 17.8 Å². The quantitative estimate of drug-likeness (QED) is 0.895. The maximum atomic E-state index is 12.7. The predicted octanol–water partition coefficient (Wildman–Crippen LogP) is 1.62. The van der Waals surface area contributed by atoms with Gasteiger partial charge < -0.3 is 15.5 Å². The number of nitrogens with one attached hydrogen (secondary N) is 2. The molecule has 120 valence electrons. The van der Waals surface area contributed by atoms with Crippen molar-refractivity contribution in [3.8, 4) is 0 Å². The number of fused-ring (bicyclic) bond motifs is 1. The molecular formula is C15H17N5O2S. The van der Waals surface area contributed by atoms with E-state index in [-0.39, 0.29) is 18.0 Å². The Bertz CT molecular complexity index is 813. The third-order valence-corrected chi connectivity index (χ3v) is 4.36. The topological polar surface area (TPSA) is 87.2 Å². The number of rotatable bonds is 3. The van der Waals surface area contributed by atoms with E-state index in [9.17, 15) is 9.59 Å². The van der Waals surface area contributed by atoms with Crippen molar-refractivity contribution in [3.05, 3.63) is 35.0 Å². The first-order valence-electron chi connectivity index (χ1n) is 7.20. The third-order valence-electron chi connectivity index (χ3n) is 3.80. The molecule has 0 fully saturated rings. The summed E-state index contributed by atoms with van der Waals surface area (Å²) in [5.74, 6) is -0.112. The second-order valence-electron chi connectivity index (χ2n) is 5.61. The van der Waals surface area contributed by atoms with Crippen LogP contribution in [0.4, 0.5) is 4.79 Å². The predicted molar refractivity (Wildman–Crippen MR) is 87.7 cm³/mol. The van der Waals surface area contributed by atoms with Crippen molar-refractivity contribution in [1.82, 2.24) is 24.3 Å². The minimum atomic E-state index is -0.316. The fourth-order valence-electron chi connectivity index (χ4n) is 2.69. The molecule has 0 spiro atoms. The van der Waals surface area contributed by atoms with Crippen LogP contribution < -0.4 is 10.6 Å². The van der Waals surface area contributed by atoms with Gasteiger partial charge in [0.25, 0.3) is 5.91 Å². The van der Waals surface area contributed by atoms with Crippen LogP contribution in [-0.4, -0.2) is 38.7 Å². The third kappa shape index (κ3) is 3.02. The van der Waals surface area contributed by atoms with Crippen LogP contribution in [0.15, 0.2) is 29.5 Å². The largest absolute Gasteiger partial charge is 0.338 e. The lowest BCUT2D eigenvalue weighted by molar-refractivity contribution is -0.126. The number of benzene rings is 1. The van der Waals surface area contributed by atoms with E-state index in [1.807, 2.05) is 18.2 Å². The van der Waals surface area contributed by atoms with Crippen molar-refractivity contribution in [2.75, 3.05) is 7.05 Å². The number of carbonyl (C=O) groups excluding carboxylic acids is 2. The molecular weight excluding hydrogens is 314 g/mol. The average molecular weight is 331 g/mol. The molecule has 0 aliphatic carbocycles. The number of aromatic nitrogens is 2. The van der Waals surface area contributed by atoms with E-state index in [1.165, 1.54) is 11.7 Å². The fraction of sp³-hybridized carbons (Fsp3) is 0.333. The first-order chi connectivity index (χ1) is 11.0. The number of amides is 3. The second kappa shape index (κ2) is 5.96. The SMILES string of the molecule is CC1=C(C(=O)N(C)Cc2ccc3nsnc3c2)[C@H](C)NC(=O)N1. The molecule has 0 radical (unpaired) electrons. The van der Waals surface area contributed by atoms with Crippen LogP contribution in [0, 0.1) is 0 Å². The number of hydrogen-bond acceptors (Lipinski definition) is 5. The number of carbonyl (C=O) groups is 2. The molecule has 2 aromatic rings. The molecule has 2 N–H and O–H groups in total. The fourth-order valence-corrected chi connectivity index (χ4v) is 3.21. The van der Waals surface area contributed by atoms with Crippen LogP contribution in [0.3, 0.4) is 0 Å². The Labute approximate surface area is 137 Å². The highest BCUT2D eigenvalue weighted by molar-refractivity contribution is 7.00. The van der Waals surface area contributed by atoms with Gasteiger partial charge in [-0.25, -0.2) is 4.79 Å². The van der Waals surface area contributed by atoms with Crippen molar-refractivity contribution >= 4 is 34.7 Å². The van der Waals surface area contributed by atoms with E-state index < -0.39 is 0 Å². The Morgan fingerprint density at radius 2 is 2.09 bits per heavy atom. The second-order valence-corrected chi connectivity index (χ2v) is 6.14. The van der Waals surface area contributed by atoms with E-state index in [2.05, 4.69) is 19.4 Å². The summed E-state index contributed by atoms with van der Waals surface area (Å²) in [6.45, 7) is 4.00. The highest BCUT2D eigenvalue weighted by Crippen LogP contribution is 2.18. The Kier molecular flexibility index (Phi) is 3.99. The van der Waals surface area contributed by atoms with Crippen molar-refractivity contribution in [2.24, 2.45) is 0 Å². The number of nitrogens with zero attached hydrogens (tertiary/aromatic N) is 3. The number of likely N-dealkylation sites (N-methyl/N-ethyl adjacent to an activating group) is 1. The van der Waals surface area contributed by atoms with E-state index >= 15 is 0 Å². The summed E-state index contributed by atoms with van der Waals surface area (Å²) in [5, 5.41) is 5.35. The maximum absolute atomic E-state index is 12.7. The van der Waals surface area contributed by atoms with Crippen molar-refractivity contribution in [3.63, 3.8) is 0 Å². The lowest BCUT2D eigenvalue weighted by Gasteiger charge is -2.28. The molecule has 1 aliphatic rings. The molecule has 3 rings (SSSR count). The summed E-state index contributed by atoms with van der Waals surface area (Å²) in [6.07, 6.45) is 0. The summed E-state index contributed by atoms with van der Waals surface area (Å²) < 4.78 is 8.38. The number of allylic oxidation sites excluding steroid dienone is 1. The van der Waals surface area contributed by atoms with Gasteiger partial charge in [0, 0.05) is 19.3 Å². The summed E-state index contributed by atoms with van der Waals surface area (Å²) in [7, 11) is 1.75. The lowest BCUT2D eigenvalue weighted by atomic mass is 10.0. The van der Waals surface area contributed by atoms with Gasteiger partial charge in [0.1, 0.15) is 11.0 Å². The van der Waals surface area contributed by atoms with E-state index in [0.717, 1.165) is 16.6 Å². The zero-order valence-corrected chi connectivity index (χ0v) is 13.9. The summed E-state index contributed by atoms with van der Waals surface area (Å²) in [4.78, 5) is 25.7. The van der Waals surface area contributed by atoms with Gasteiger partial charge in [-0.1, -0.05) is 6.07 Å². The minimum Gasteiger partial charge on any atom is -0.338 e. The monoisotopic (exact) mass is 331 g/mol. The molecule has 0 bridgehead atoms. The summed E-state index contributed by atoms with van der Waals surface area (Å²) in [5.41, 5.74) is 3.85.